The predicted molar refractivity (Wildman–Crippen MR) is 45.2 cm³/mol. The highest BCUT2D eigenvalue weighted by molar-refractivity contribution is 5.30. The smallest absolute Gasteiger partial charge is 0.165 e. The molecule has 1 atom stereocenters. The number of hydrogen-bond donors (Lipinski definition) is 0. The van der Waals surface area contributed by atoms with Crippen LogP contribution >= 0.6 is 0 Å². The minimum atomic E-state index is -1.42. The van der Waals surface area contributed by atoms with Gasteiger partial charge in [0.15, 0.2) is 11.6 Å². The summed E-state index contributed by atoms with van der Waals surface area (Å²) in [6.07, 6.45) is -1.27. The van der Waals surface area contributed by atoms with Gasteiger partial charge < -0.3 is 0 Å². The van der Waals surface area contributed by atoms with Crippen LogP contribution in [0.2, 0.25) is 0 Å². The van der Waals surface area contributed by atoms with Crippen LogP contribution in [-0.2, 0) is 0 Å². The molecule has 1 aromatic carbocycles. The Balaban J connectivity index is 3.25. The summed E-state index contributed by atoms with van der Waals surface area (Å²) < 4.78 is 39.0. The monoisotopic (exact) mass is 188 g/mol. The van der Waals surface area contributed by atoms with E-state index in [0.29, 0.717) is 5.56 Å². The van der Waals surface area contributed by atoms with Gasteiger partial charge in [0, 0.05) is 5.56 Å². The van der Waals surface area contributed by atoms with Crippen molar-refractivity contribution in [3.8, 4) is 0 Å². The quantitative estimate of drug-likeness (QED) is 0.663. The lowest BCUT2D eigenvalue weighted by Crippen LogP contribution is -2.00. The van der Waals surface area contributed by atoms with Crippen LogP contribution in [0.4, 0.5) is 13.2 Å². The van der Waals surface area contributed by atoms with E-state index in [2.05, 4.69) is 0 Å². The lowest BCUT2D eigenvalue weighted by Gasteiger charge is -2.10. The maximum atomic E-state index is 13.2. The van der Waals surface area contributed by atoms with Gasteiger partial charge in [-0.1, -0.05) is 13.0 Å². The fourth-order valence-corrected chi connectivity index (χ4v) is 1.25. The molecule has 0 bridgehead atoms. The second-order valence-electron chi connectivity index (χ2n) is 2.97. The first kappa shape index (κ1) is 10.1. The number of benzene rings is 1. The lowest BCUT2D eigenvalue weighted by atomic mass is 10.0. The Morgan fingerprint density at radius 2 is 1.92 bits per heavy atom. The average molecular weight is 188 g/mol. The van der Waals surface area contributed by atoms with E-state index in [4.69, 9.17) is 0 Å². The Bertz CT molecular complexity index is 307. The van der Waals surface area contributed by atoms with Crippen molar-refractivity contribution in [3.63, 3.8) is 0 Å². The second kappa shape index (κ2) is 3.81. The van der Waals surface area contributed by atoms with Crippen LogP contribution in [0.1, 0.15) is 30.6 Å². The molecule has 0 N–H and O–H groups in total. The molecule has 0 aromatic heterocycles. The normalized spacial score (nSPS) is 13.0. The summed E-state index contributed by atoms with van der Waals surface area (Å²) in [5.74, 6) is -2.05. The van der Waals surface area contributed by atoms with E-state index < -0.39 is 17.8 Å². The molecule has 0 spiro atoms. The first-order chi connectivity index (χ1) is 6.07. The van der Waals surface area contributed by atoms with Gasteiger partial charge in [-0.15, -0.1) is 0 Å². The van der Waals surface area contributed by atoms with Gasteiger partial charge in [0.25, 0.3) is 0 Å². The lowest BCUT2D eigenvalue weighted by molar-refractivity contribution is 0.317. The van der Waals surface area contributed by atoms with Crippen molar-refractivity contribution < 1.29 is 13.2 Å². The van der Waals surface area contributed by atoms with Crippen LogP contribution in [0.25, 0.3) is 0 Å². The molecule has 0 aliphatic heterocycles. The molecular formula is C10H11F3. The molecule has 0 saturated heterocycles. The van der Waals surface area contributed by atoms with Gasteiger partial charge in [-0.2, -0.15) is 0 Å². The van der Waals surface area contributed by atoms with Crippen LogP contribution in [0, 0.1) is 18.6 Å². The van der Waals surface area contributed by atoms with E-state index in [-0.39, 0.29) is 12.0 Å². The SMILES string of the molecule is CCC(F)c1c(C)ccc(F)c1F. The molecule has 0 amide bonds. The minimum absolute atomic E-state index is 0.150. The van der Waals surface area contributed by atoms with Crippen molar-refractivity contribution in [2.75, 3.05) is 0 Å². The molecule has 0 aliphatic rings. The number of hydrogen-bond acceptors (Lipinski definition) is 0. The molecular weight excluding hydrogens is 177 g/mol. The van der Waals surface area contributed by atoms with Gasteiger partial charge in [0.1, 0.15) is 6.17 Å². The summed E-state index contributed by atoms with van der Waals surface area (Å²) in [5.41, 5.74) is 0.302. The third kappa shape index (κ3) is 1.85. The van der Waals surface area contributed by atoms with E-state index >= 15 is 0 Å². The van der Waals surface area contributed by atoms with Gasteiger partial charge in [0.2, 0.25) is 0 Å². The van der Waals surface area contributed by atoms with Crippen LogP contribution in [-0.4, -0.2) is 0 Å². The molecule has 13 heavy (non-hydrogen) atoms. The van der Waals surface area contributed by atoms with Crippen LogP contribution in [0.15, 0.2) is 12.1 Å². The highest BCUT2D eigenvalue weighted by atomic mass is 19.2. The van der Waals surface area contributed by atoms with E-state index in [9.17, 15) is 13.2 Å². The van der Waals surface area contributed by atoms with Gasteiger partial charge in [0.05, 0.1) is 0 Å². The van der Waals surface area contributed by atoms with Gasteiger partial charge in [-0.3, -0.25) is 0 Å². The average Bonchev–Trinajstić information content (AvgIpc) is 2.12. The van der Waals surface area contributed by atoms with E-state index in [1.165, 1.54) is 6.07 Å². The summed E-state index contributed by atoms with van der Waals surface area (Å²) in [6, 6.07) is 2.40. The minimum Gasteiger partial charge on any atom is -0.242 e. The standard InChI is InChI=1S/C10H11F3/c1-3-7(11)9-6(2)4-5-8(12)10(9)13/h4-5,7H,3H2,1-2H3. The summed E-state index contributed by atoms with van der Waals surface area (Å²) in [5, 5.41) is 0. The Labute approximate surface area is 75.4 Å². The van der Waals surface area contributed by atoms with E-state index in [0.717, 1.165) is 6.07 Å². The maximum absolute atomic E-state index is 13.2. The summed E-state index contributed by atoms with van der Waals surface area (Å²) in [6.45, 7) is 3.16. The topological polar surface area (TPSA) is 0 Å². The fraction of sp³-hybridized carbons (Fsp3) is 0.400. The van der Waals surface area contributed by atoms with Crippen molar-refractivity contribution in [1.82, 2.24) is 0 Å². The zero-order valence-corrected chi connectivity index (χ0v) is 7.57. The number of rotatable bonds is 2. The molecule has 72 valence electrons. The van der Waals surface area contributed by atoms with Crippen molar-refractivity contribution in [2.45, 2.75) is 26.4 Å². The second-order valence-corrected chi connectivity index (χ2v) is 2.97. The van der Waals surface area contributed by atoms with E-state index in [1.54, 1.807) is 13.8 Å². The molecule has 1 aromatic rings. The molecule has 0 nitrogen and oxygen atoms in total. The number of aryl methyl sites for hydroxylation is 1. The number of halogens is 3. The highest BCUT2D eigenvalue weighted by Gasteiger charge is 2.18. The molecule has 0 aliphatic carbocycles. The molecule has 0 heterocycles. The van der Waals surface area contributed by atoms with Crippen molar-refractivity contribution in [2.24, 2.45) is 0 Å². The Morgan fingerprint density at radius 1 is 1.31 bits per heavy atom. The van der Waals surface area contributed by atoms with E-state index in [1.807, 2.05) is 0 Å². The first-order valence-corrected chi connectivity index (χ1v) is 4.16. The van der Waals surface area contributed by atoms with Crippen LogP contribution in [0.3, 0.4) is 0 Å². The van der Waals surface area contributed by atoms with Gasteiger partial charge >= 0.3 is 0 Å². The Morgan fingerprint density at radius 3 is 2.46 bits per heavy atom. The highest BCUT2D eigenvalue weighted by Crippen LogP contribution is 2.28. The largest absolute Gasteiger partial charge is 0.242 e. The molecule has 0 saturated carbocycles. The third-order valence-corrected chi connectivity index (χ3v) is 2.02. The third-order valence-electron chi connectivity index (χ3n) is 2.02. The molecule has 0 fully saturated rings. The fourth-order valence-electron chi connectivity index (χ4n) is 1.25. The van der Waals surface area contributed by atoms with Gasteiger partial charge in [-0.25, -0.2) is 13.2 Å². The zero-order valence-electron chi connectivity index (χ0n) is 7.57. The summed E-state index contributed by atoms with van der Waals surface area (Å²) in [7, 11) is 0. The van der Waals surface area contributed by atoms with Crippen molar-refractivity contribution in [1.29, 1.82) is 0 Å². The van der Waals surface area contributed by atoms with Crippen molar-refractivity contribution >= 4 is 0 Å². The summed E-state index contributed by atoms with van der Waals surface area (Å²) >= 11 is 0. The van der Waals surface area contributed by atoms with Crippen molar-refractivity contribution in [3.05, 3.63) is 34.9 Å². The zero-order chi connectivity index (χ0) is 10.0. The molecule has 3 heteroatoms. The van der Waals surface area contributed by atoms with Crippen LogP contribution in [0.5, 0.6) is 0 Å². The molecule has 0 radical (unpaired) electrons. The molecule has 1 rings (SSSR count). The Hall–Kier alpha value is -0.990. The Kier molecular flexibility index (Phi) is 2.96. The van der Waals surface area contributed by atoms with Gasteiger partial charge in [-0.05, 0) is 25.0 Å². The summed E-state index contributed by atoms with van der Waals surface area (Å²) in [4.78, 5) is 0. The first-order valence-electron chi connectivity index (χ1n) is 4.16. The molecule has 1 unspecified atom stereocenters. The number of alkyl halides is 1. The predicted octanol–water partition coefficient (Wildman–Crippen LogP) is 3.69. The van der Waals surface area contributed by atoms with Crippen LogP contribution < -0.4 is 0 Å². The maximum Gasteiger partial charge on any atom is 0.165 e.